The van der Waals surface area contributed by atoms with Crippen molar-refractivity contribution in [1.82, 2.24) is 5.32 Å². The summed E-state index contributed by atoms with van der Waals surface area (Å²) in [5.74, 6) is 0.0656. The maximum atomic E-state index is 11.4. The van der Waals surface area contributed by atoms with E-state index in [9.17, 15) is 4.79 Å². The van der Waals surface area contributed by atoms with Gasteiger partial charge in [-0.1, -0.05) is 23.2 Å². The van der Waals surface area contributed by atoms with E-state index in [0.29, 0.717) is 23.8 Å². The smallest absolute Gasteiger partial charge is 0.220 e. The Hall–Kier alpha value is -0.290. The summed E-state index contributed by atoms with van der Waals surface area (Å²) in [5.41, 5.74) is 6.36. The van der Waals surface area contributed by atoms with Crippen molar-refractivity contribution in [1.29, 1.82) is 0 Å². The van der Waals surface area contributed by atoms with Gasteiger partial charge in [0.1, 0.15) is 0 Å². The van der Waals surface area contributed by atoms with Crippen LogP contribution in [0.5, 0.6) is 0 Å². The van der Waals surface area contributed by atoms with E-state index >= 15 is 0 Å². The zero-order valence-corrected chi connectivity index (χ0v) is 11.8. The summed E-state index contributed by atoms with van der Waals surface area (Å²) >= 11 is 13.2. The van der Waals surface area contributed by atoms with E-state index in [0.717, 1.165) is 29.2 Å². The van der Waals surface area contributed by atoms with Crippen molar-refractivity contribution in [2.45, 2.75) is 25.7 Å². The molecular weight excluding hydrogens is 279 g/mol. The molecule has 0 bridgehead atoms. The van der Waals surface area contributed by atoms with E-state index < -0.39 is 0 Å². The van der Waals surface area contributed by atoms with Crippen LogP contribution in [0.2, 0.25) is 8.67 Å². The Morgan fingerprint density at radius 1 is 1.41 bits per heavy atom. The van der Waals surface area contributed by atoms with E-state index in [4.69, 9.17) is 28.9 Å². The molecule has 3 N–H and O–H groups in total. The average Bonchev–Trinajstić information content (AvgIpc) is 2.58. The fraction of sp³-hybridized carbons (Fsp3) is 0.545. The maximum Gasteiger partial charge on any atom is 0.220 e. The minimum Gasteiger partial charge on any atom is -0.356 e. The summed E-state index contributed by atoms with van der Waals surface area (Å²) in [7, 11) is 0. The number of carbonyl (C=O) groups excluding carboxylic acids is 1. The van der Waals surface area contributed by atoms with Gasteiger partial charge in [0.25, 0.3) is 0 Å². The van der Waals surface area contributed by atoms with Gasteiger partial charge < -0.3 is 11.1 Å². The number of thiophene rings is 1. The summed E-state index contributed by atoms with van der Waals surface area (Å²) in [6.45, 7) is 1.25. The minimum atomic E-state index is 0.0656. The Morgan fingerprint density at radius 3 is 2.76 bits per heavy atom. The molecule has 0 atom stereocenters. The van der Waals surface area contributed by atoms with Gasteiger partial charge in [-0.25, -0.2) is 0 Å². The zero-order chi connectivity index (χ0) is 12.7. The van der Waals surface area contributed by atoms with Gasteiger partial charge >= 0.3 is 0 Å². The number of hydrogen-bond acceptors (Lipinski definition) is 3. The SMILES string of the molecule is NCCCNC(=O)CCCc1cc(Cl)sc1Cl. The van der Waals surface area contributed by atoms with Gasteiger partial charge in [-0.15, -0.1) is 11.3 Å². The van der Waals surface area contributed by atoms with Gasteiger partial charge in [-0.2, -0.15) is 0 Å². The van der Waals surface area contributed by atoms with Gasteiger partial charge in [-0.3, -0.25) is 4.79 Å². The van der Waals surface area contributed by atoms with Gasteiger partial charge in [0.05, 0.1) is 8.67 Å². The molecule has 0 radical (unpaired) electrons. The van der Waals surface area contributed by atoms with Crippen LogP contribution in [-0.4, -0.2) is 19.0 Å². The predicted octanol–water partition coefficient (Wildman–Crippen LogP) is 2.84. The number of nitrogens with two attached hydrogens (primary N) is 1. The Labute approximate surface area is 115 Å². The summed E-state index contributed by atoms with van der Waals surface area (Å²) in [6.07, 6.45) is 2.89. The average molecular weight is 295 g/mol. The third kappa shape index (κ3) is 5.73. The Balaban J connectivity index is 2.19. The van der Waals surface area contributed by atoms with Crippen molar-refractivity contribution in [3.05, 3.63) is 20.3 Å². The van der Waals surface area contributed by atoms with Crippen molar-refractivity contribution in [3.63, 3.8) is 0 Å². The molecule has 0 fully saturated rings. The van der Waals surface area contributed by atoms with E-state index in [1.165, 1.54) is 11.3 Å². The number of aryl methyl sites for hydroxylation is 1. The van der Waals surface area contributed by atoms with Crippen LogP contribution in [0, 0.1) is 0 Å². The zero-order valence-electron chi connectivity index (χ0n) is 9.47. The van der Waals surface area contributed by atoms with E-state index in [1.807, 2.05) is 6.07 Å². The van der Waals surface area contributed by atoms with Crippen LogP contribution in [0.4, 0.5) is 0 Å². The van der Waals surface area contributed by atoms with E-state index in [2.05, 4.69) is 5.32 Å². The lowest BCUT2D eigenvalue weighted by atomic mass is 10.1. The van der Waals surface area contributed by atoms with Gasteiger partial charge in [-0.05, 0) is 37.4 Å². The summed E-state index contributed by atoms with van der Waals surface area (Å²) in [5, 5.41) is 2.81. The predicted molar refractivity (Wildman–Crippen MR) is 74.0 cm³/mol. The first-order valence-corrected chi connectivity index (χ1v) is 7.11. The van der Waals surface area contributed by atoms with Crippen LogP contribution in [0.1, 0.15) is 24.8 Å². The second kappa shape index (κ2) is 7.93. The molecule has 1 aromatic heterocycles. The fourth-order valence-corrected chi connectivity index (χ4v) is 2.95. The third-order valence-electron chi connectivity index (χ3n) is 2.28. The molecule has 0 saturated heterocycles. The third-order valence-corrected chi connectivity index (χ3v) is 3.85. The highest BCUT2D eigenvalue weighted by Gasteiger charge is 2.07. The fourth-order valence-electron chi connectivity index (χ4n) is 1.40. The second-order valence-electron chi connectivity index (χ2n) is 3.70. The number of carbonyl (C=O) groups is 1. The molecule has 0 spiro atoms. The second-order valence-corrected chi connectivity index (χ2v) is 5.98. The number of rotatable bonds is 7. The highest BCUT2D eigenvalue weighted by atomic mass is 35.5. The Morgan fingerprint density at radius 2 is 2.18 bits per heavy atom. The van der Waals surface area contributed by atoms with Crippen LogP contribution in [0.25, 0.3) is 0 Å². The molecule has 0 aliphatic heterocycles. The standard InChI is InChI=1S/C11H16Cl2N2OS/c12-9-7-8(11(13)17-9)3-1-4-10(16)15-6-2-5-14/h7H,1-6,14H2,(H,15,16). The highest BCUT2D eigenvalue weighted by molar-refractivity contribution is 7.20. The maximum absolute atomic E-state index is 11.4. The summed E-state index contributed by atoms with van der Waals surface area (Å²) in [6, 6.07) is 1.86. The van der Waals surface area contributed by atoms with Crippen molar-refractivity contribution < 1.29 is 4.79 Å². The lowest BCUT2D eigenvalue weighted by Crippen LogP contribution is -2.25. The van der Waals surface area contributed by atoms with Gasteiger partial charge in [0, 0.05) is 13.0 Å². The Kier molecular flexibility index (Phi) is 6.89. The molecule has 0 aliphatic rings. The largest absolute Gasteiger partial charge is 0.356 e. The van der Waals surface area contributed by atoms with Gasteiger partial charge in [0.2, 0.25) is 5.91 Å². The normalized spacial score (nSPS) is 10.5. The topological polar surface area (TPSA) is 55.1 Å². The monoisotopic (exact) mass is 294 g/mol. The molecule has 3 nitrogen and oxygen atoms in total. The number of halogens is 2. The molecule has 1 rings (SSSR count). The quantitative estimate of drug-likeness (QED) is 0.760. The number of hydrogen-bond donors (Lipinski definition) is 2. The van der Waals surface area contributed by atoms with Crippen molar-refractivity contribution in [2.75, 3.05) is 13.1 Å². The van der Waals surface area contributed by atoms with Crippen LogP contribution in [0.15, 0.2) is 6.07 Å². The molecule has 0 aliphatic carbocycles. The molecule has 0 unspecified atom stereocenters. The van der Waals surface area contributed by atoms with Crippen LogP contribution >= 0.6 is 34.5 Å². The Bertz CT molecular complexity index is 368. The molecular formula is C11H16Cl2N2OS. The lowest BCUT2D eigenvalue weighted by Gasteiger charge is -2.03. The first-order chi connectivity index (χ1) is 8.13. The number of nitrogens with one attached hydrogen (secondary N) is 1. The van der Waals surface area contributed by atoms with Crippen molar-refractivity contribution in [3.8, 4) is 0 Å². The van der Waals surface area contributed by atoms with Crippen molar-refractivity contribution >= 4 is 40.4 Å². The molecule has 1 heterocycles. The van der Waals surface area contributed by atoms with Crippen LogP contribution in [0.3, 0.4) is 0 Å². The molecule has 1 amide bonds. The number of amides is 1. The first kappa shape index (κ1) is 14.8. The molecule has 0 saturated carbocycles. The lowest BCUT2D eigenvalue weighted by molar-refractivity contribution is -0.121. The van der Waals surface area contributed by atoms with Crippen LogP contribution in [-0.2, 0) is 11.2 Å². The van der Waals surface area contributed by atoms with Crippen LogP contribution < -0.4 is 11.1 Å². The van der Waals surface area contributed by atoms with E-state index in [1.54, 1.807) is 0 Å². The highest BCUT2D eigenvalue weighted by Crippen LogP contribution is 2.31. The van der Waals surface area contributed by atoms with Gasteiger partial charge in [0.15, 0.2) is 0 Å². The molecule has 6 heteroatoms. The summed E-state index contributed by atoms with van der Waals surface area (Å²) < 4.78 is 1.41. The molecule has 0 aromatic carbocycles. The first-order valence-electron chi connectivity index (χ1n) is 5.54. The minimum absolute atomic E-state index is 0.0656. The summed E-state index contributed by atoms with van der Waals surface area (Å²) in [4.78, 5) is 11.4. The molecule has 96 valence electrons. The van der Waals surface area contributed by atoms with Crippen molar-refractivity contribution in [2.24, 2.45) is 5.73 Å². The molecule has 1 aromatic rings. The van der Waals surface area contributed by atoms with E-state index in [-0.39, 0.29) is 5.91 Å². The molecule has 17 heavy (non-hydrogen) atoms.